The number of nitrogens with zero attached hydrogens (tertiary/aromatic N) is 2. The fourth-order valence-electron chi connectivity index (χ4n) is 3.71. The van der Waals surface area contributed by atoms with Crippen molar-refractivity contribution in [3.8, 4) is 5.00 Å². The van der Waals surface area contributed by atoms with Gasteiger partial charge in [-0.1, -0.05) is 37.3 Å². The molecule has 9 nitrogen and oxygen atoms in total. The van der Waals surface area contributed by atoms with Gasteiger partial charge in [-0.15, -0.1) is 11.3 Å². The summed E-state index contributed by atoms with van der Waals surface area (Å²) in [7, 11) is -4.14. The van der Waals surface area contributed by atoms with E-state index in [1.54, 1.807) is 37.3 Å². The highest BCUT2D eigenvalue weighted by atomic mass is 32.2. The largest absolute Gasteiger partial charge is 0.480 e. The molecule has 30 heavy (non-hydrogen) atoms. The van der Waals surface area contributed by atoms with Crippen LogP contribution in [0.25, 0.3) is 5.00 Å². The number of sulfonamides is 1. The van der Waals surface area contributed by atoms with Crippen LogP contribution in [-0.2, 0) is 14.8 Å². The molecule has 1 unspecified atom stereocenters. The molecule has 1 saturated carbocycles. The number of aromatic nitrogens is 2. The van der Waals surface area contributed by atoms with E-state index in [1.165, 1.54) is 23.0 Å². The average molecular weight is 447 g/mol. The molecule has 156 valence electrons. The SMILES string of the molecule is CC1[C@@H](c2ccccc2)[C@]1(NS(=O)(=O)c1ccc(-n2cc(C(=O)O)cn2)s1)C(=O)O. The molecule has 1 aliphatic carbocycles. The van der Waals surface area contributed by atoms with E-state index in [2.05, 4.69) is 9.82 Å². The number of carboxylic acids is 2. The summed E-state index contributed by atoms with van der Waals surface area (Å²) in [5, 5.41) is 23.2. The van der Waals surface area contributed by atoms with E-state index in [4.69, 9.17) is 5.11 Å². The first-order valence-electron chi connectivity index (χ1n) is 8.87. The highest BCUT2D eigenvalue weighted by Crippen LogP contribution is 2.58. The summed E-state index contributed by atoms with van der Waals surface area (Å²) in [4.78, 5) is 23.1. The van der Waals surface area contributed by atoms with Gasteiger partial charge in [-0.25, -0.2) is 17.9 Å². The number of thiophene rings is 1. The Hall–Kier alpha value is -3.02. The molecular formula is C19H17N3O6S2. The standard InChI is InChI=1S/C19H17N3O6S2/c1-11-16(12-5-3-2-4-6-12)19(11,18(25)26)21-30(27,28)15-8-7-14(29-15)22-10-13(9-20-22)17(23)24/h2-11,16,21H,1H3,(H,23,24)(H,25,26)/t11?,16-,19-/m0/s1. The van der Waals surface area contributed by atoms with Gasteiger partial charge < -0.3 is 10.2 Å². The molecule has 0 bridgehead atoms. The van der Waals surface area contributed by atoms with Crippen molar-refractivity contribution in [2.45, 2.75) is 22.6 Å². The number of nitrogens with one attached hydrogen (secondary N) is 1. The molecule has 4 rings (SSSR count). The maximum absolute atomic E-state index is 13.0. The molecule has 0 radical (unpaired) electrons. The molecule has 2 aromatic heterocycles. The molecule has 0 amide bonds. The zero-order valence-corrected chi connectivity index (χ0v) is 17.2. The Morgan fingerprint density at radius 1 is 1.17 bits per heavy atom. The zero-order chi connectivity index (χ0) is 21.7. The molecule has 1 aliphatic rings. The zero-order valence-electron chi connectivity index (χ0n) is 15.6. The first-order chi connectivity index (χ1) is 14.2. The van der Waals surface area contributed by atoms with Crippen molar-refractivity contribution in [3.63, 3.8) is 0 Å². The Bertz CT molecular complexity index is 1230. The van der Waals surface area contributed by atoms with Crippen molar-refractivity contribution in [1.82, 2.24) is 14.5 Å². The lowest BCUT2D eigenvalue weighted by Gasteiger charge is -2.15. The molecule has 3 atom stereocenters. The molecule has 0 saturated heterocycles. The summed E-state index contributed by atoms with van der Waals surface area (Å²) in [6.45, 7) is 1.70. The number of carboxylic acid groups (broad SMARTS) is 2. The fourth-order valence-corrected chi connectivity index (χ4v) is 6.39. The Balaban J connectivity index is 1.63. The predicted molar refractivity (Wildman–Crippen MR) is 107 cm³/mol. The van der Waals surface area contributed by atoms with Gasteiger partial charge in [0.05, 0.1) is 11.8 Å². The fraction of sp³-hybridized carbons (Fsp3) is 0.211. The Morgan fingerprint density at radius 3 is 2.47 bits per heavy atom. The van der Waals surface area contributed by atoms with Crippen LogP contribution < -0.4 is 4.72 Å². The number of hydrogen-bond donors (Lipinski definition) is 3. The third-order valence-corrected chi connectivity index (χ3v) is 8.35. The molecule has 3 N–H and O–H groups in total. The molecule has 3 aromatic rings. The summed E-state index contributed by atoms with van der Waals surface area (Å²) in [6.07, 6.45) is 2.43. The number of hydrogen-bond acceptors (Lipinski definition) is 6. The highest BCUT2D eigenvalue weighted by molar-refractivity contribution is 7.91. The molecule has 1 aromatic carbocycles. The summed E-state index contributed by atoms with van der Waals surface area (Å²) >= 11 is 0.861. The summed E-state index contributed by atoms with van der Waals surface area (Å²) in [5.74, 6) is -3.31. The van der Waals surface area contributed by atoms with Gasteiger partial charge >= 0.3 is 11.9 Å². The quantitative estimate of drug-likeness (QED) is 0.504. The first-order valence-corrected chi connectivity index (χ1v) is 11.2. The summed E-state index contributed by atoms with van der Waals surface area (Å²) in [5.41, 5.74) is -0.917. The van der Waals surface area contributed by atoms with Gasteiger partial charge in [-0.3, -0.25) is 4.79 Å². The van der Waals surface area contributed by atoms with Gasteiger partial charge in [0.1, 0.15) is 14.7 Å². The molecule has 11 heteroatoms. The monoisotopic (exact) mass is 447 g/mol. The van der Waals surface area contributed by atoms with Gasteiger partial charge in [-0.2, -0.15) is 9.82 Å². The van der Waals surface area contributed by atoms with Gasteiger partial charge in [0.25, 0.3) is 10.0 Å². The second kappa shape index (κ2) is 7.04. The maximum atomic E-state index is 13.0. The van der Waals surface area contributed by atoms with E-state index in [0.717, 1.165) is 23.1 Å². The van der Waals surface area contributed by atoms with Crippen LogP contribution in [0.3, 0.4) is 0 Å². The molecule has 2 heterocycles. The van der Waals surface area contributed by atoms with Crippen molar-refractivity contribution < 1.29 is 28.2 Å². The lowest BCUT2D eigenvalue weighted by Crippen LogP contribution is -2.45. The Morgan fingerprint density at radius 2 is 1.87 bits per heavy atom. The van der Waals surface area contributed by atoms with Gasteiger partial charge in [-0.05, 0) is 23.6 Å². The van der Waals surface area contributed by atoms with Gasteiger partial charge in [0.2, 0.25) is 0 Å². The minimum absolute atomic E-state index is 0.0340. The minimum Gasteiger partial charge on any atom is -0.480 e. The van der Waals surface area contributed by atoms with Gasteiger partial charge in [0, 0.05) is 12.1 Å². The van der Waals surface area contributed by atoms with E-state index in [-0.39, 0.29) is 9.77 Å². The van der Waals surface area contributed by atoms with Crippen molar-refractivity contribution in [3.05, 3.63) is 66.0 Å². The van der Waals surface area contributed by atoms with Crippen molar-refractivity contribution in [2.75, 3.05) is 0 Å². The van der Waals surface area contributed by atoms with Crippen LogP contribution in [0.5, 0.6) is 0 Å². The van der Waals surface area contributed by atoms with E-state index >= 15 is 0 Å². The molecular weight excluding hydrogens is 430 g/mol. The predicted octanol–water partition coefficient (Wildman–Crippen LogP) is 2.17. The topological polar surface area (TPSA) is 139 Å². The van der Waals surface area contributed by atoms with Crippen LogP contribution >= 0.6 is 11.3 Å². The Labute approximate surface area is 175 Å². The van der Waals surface area contributed by atoms with E-state index in [1.807, 2.05) is 0 Å². The second-order valence-electron chi connectivity index (χ2n) is 7.03. The van der Waals surface area contributed by atoms with Gasteiger partial charge in [0.15, 0.2) is 0 Å². The smallest absolute Gasteiger partial charge is 0.338 e. The lowest BCUT2D eigenvalue weighted by atomic mass is 10.1. The van der Waals surface area contributed by atoms with E-state index in [9.17, 15) is 23.1 Å². The molecule has 0 spiro atoms. The molecule has 1 fully saturated rings. The van der Waals surface area contributed by atoms with Crippen molar-refractivity contribution >= 4 is 33.3 Å². The van der Waals surface area contributed by atoms with E-state index in [0.29, 0.717) is 5.00 Å². The number of aromatic carboxylic acids is 1. The number of aliphatic carboxylic acids is 1. The van der Waals surface area contributed by atoms with Crippen LogP contribution in [0, 0.1) is 5.92 Å². The number of rotatable bonds is 7. The van der Waals surface area contributed by atoms with Crippen molar-refractivity contribution in [1.29, 1.82) is 0 Å². The first kappa shape index (κ1) is 20.3. The third kappa shape index (κ3) is 3.20. The van der Waals surface area contributed by atoms with Crippen LogP contribution in [0.4, 0.5) is 0 Å². The third-order valence-electron chi connectivity index (χ3n) is 5.30. The second-order valence-corrected chi connectivity index (χ2v) is 10.00. The Kier molecular flexibility index (Phi) is 4.76. The summed E-state index contributed by atoms with van der Waals surface area (Å²) < 4.78 is 29.5. The maximum Gasteiger partial charge on any atom is 0.338 e. The number of carbonyl (C=O) groups is 2. The lowest BCUT2D eigenvalue weighted by molar-refractivity contribution is -0.140. The normalized spacial score (nSPS) is 23.2. The highest BCUT2D eigenvalue weighted by Gasteiger charge is 2.70. The van der Waals surface area contributed by atoms with Crippen LogP contribution in [0.1, 0.15) is 28.8 Å². The van der Waals surface area contributed by atoms with E-state index < -0.39 is 39.3 Å². The minimum atomic E-state index is -4.14. The average Bonchev–Trinajstić information content (AvgIpc) is 3.14. The van der Waals surface area contributed by atoms with Crippen molar-refractivity contribution in [2.24, 2.45) is 5.92 Å². The van der Waals surface area contributed by atoms with Crippen LogP contribution in [0.2, 0.25) is 0 Å². The van der Waals surface area contributed by atoms with Crippen LogP contribution in [-0.4, -0.2) is 45.9 Å². The summed E-state index contributed by atoms with van der Waals surface area (Å²) in [6, 6.07) is 11.7. The number of benzene rings is 1. The van der Waals surface area contributed by atoms with Crippen LogP contribution in [0.15, 0.2) is 59.1 Å². The molecule has 0 aliphatic heterocycles.